The maximum absolute atomic E-state index is 12.7. The molecular weight excluding hydrogens is 284 g/mol. The average Bonchev–Trinajstić information content (AvgIpc) is 2.90. The molecule has 1 aromatic rings. The van der Waals surface area contributed by atoms with Crippen molar-refractivity contribution >= 4 is 23.5 Å². The van der Waals surface area contributed by atoms with E-state index in [1.54, 1.807) is 18.7 Å². The Labute approximate surface area is 130 Å². The second kappa shape index (κ2) is 7.64. The van der Waals surface area contributed by atoms with Gasteiger partial charge in [0.2, 0.25) is 0 Å². The highest BCUT2D eigenvalue weighted by Crippen LogP contribution is 2.43. The number of rotatable bonds is 6. The second-order valence-corrected chi connectivity index (χ2v) is 6.83. The number of ketones is 1. The van der Waals surface area contributed by atoms with Gasteiger partial charge in [0, 0.05) is 22.0 Å². The Morgan fingerprint density at radius 2 is 1.95 bits per heavy atom. The summed E-state index contributed by atoms with van der Waals surface area (Å²) < 4.78 is 5.04. The van der Waals surface area contributed by atoms with Gasteiger partial charge in [0.1, 0.15) is 0 Å². The van der Waals surface area contributed by atoms with Crippen molar-refractivity contribution in [3.8, 4) is 0 Å². The maximum Gasteiger partial charge on any atom is 0.306 e. The molecule has 0 radical (unpaired) electrons. The molecule has 0 N–H and O–H groups in total. The number of carbonyl (C=O) groups is 2. The normalized spacial score (nSPS) is 24.8. The number of thioether (sulfide) groups is 1. The molecule has 1 aliphatic heterocycles. The SMILES string of the molecule is CCOC(=O)C[C@H]1S[C@@H](CC)C[C@@H]1C(=O)c1ccccc1. The van der Waals surface area contributed by atoms with E-state index in [0.29, 0.717) is 18.3 Å². The Balaban J connectivity index is 2.10. The van der Waals surface area contributed by atoms with E-state index in [-0.39, 0.29) is 22.9 Å². The van der Waals surface area contributed by atoms with Gasteiger partial charge in [-0.2, -0.15) is 11.8 Å². The van der Waals surface area contributed by atoms with Gasteiger partial charge in [-0.3, -0.25) is 9.59 Å². The molecule has 1 saturated heterocycles. The highest BCUT2D eigenvalue weighted by atomic mass is 32.2. The Kier molecular flexibility index (Phi) is 5.85. The number of hydrogen-bond acceptors (Lipinski definition) is 4. The van der Waals surface area contributed by atoms with Gasteiger partial charge in [0.05, 0.1) is 13.0 Å². The fraction of sp³-hybridized carbons (Fsp3) is 0.529. The molecule has 4 heteroatoms. The predicted molar refractivity (Wildman–Crippen MR) is 85.6 cm³/mol. The summed E-state index contributed by atoms with van der Waals surface area (Å²) in [4.78, 5) is 24.4. The average molecular weight is 306 g/mol. The maximum atomic E-state index is 12.7. The number of Topliss-reactive ketones (excluding diaryl/α,β-unsaturated/α-hetero) is 1. The predicted octanol–water partition coefficient (Wildman–Crippen LogP) is 3.72. The van der Waals surface area contributed by atoms with Gasteiger partial charge in [-0.05, 0) is 19.8 Å². The van der Waals surface area contributed by atoms with Crippen LogP contribution in [0.1, 0.15) is 43.5 Å². The van der Waals surface area contributed by atoms with Crippen LogP contribution < -0.4 is 0 Å². The van der Waals surface area contributed by atoms with Crippen molar-refractivity contribution in [2.45, 2.75) is 43.6 Å². The minimum absolute atomic E-state index is 0.0432. The molecule has 1 aromatic carbocycles. The summed E-state index contributed by atoms with van der Waals surface area (Å²) in [6.45, 7) is 4.33. The summed E-state index contributed by atoms with van der Waals surface area (Å²) in [7, 11) is 0. The van der Waals surface area contributed by atoms with Crippen LogP contribution in [0.25, 0.3) is 0 Å². The number of hydrogen-bond donors (Lipinski definition) is 0. The molecule has 21 heavy (non-hydrogen) atoms. The molecule has 0 unspecified atom stereocenters. The molecule has 1 fully saturated rings. The minimum Gasteiger partial charge on any atom is -0.466 e. The van der Waals surface area contributed by atoms with E-state index >= 15 is 0 Å². The van der Waals surface area contributed by atoms with Crippen LogP contribution >= 0.6 is 11.8 Å². The van der Waals surface area contributed by atoms with Crippen LogP contribution in [0, 0.1) is 5.92 Å². The number of ether oxygens (including phenoxy) is 1. The first-order valence-electron chi connectivity index (χ1n) is 7.56. The first kappa shape index (κ1) is 16.1. The van der Waals surface area contributed by atoms with E-state index in [1.807, 2.05) is 30.3 Å². The smallest absolute Gasteiger partial charge is 0.306 e. The van der Waals surface area contributed by atoms with Gasteiger partial charge in [-0.15, -0.1) is 0 Å². The summed E-state index contributed by atoms with van der Waals surface area (Å²) in [6.07, 6.45) is 2.22. The van der Waals surface area contributed by atoms with Crippen LogP contribution in [0.2, 0.25) is 0 Å². The largest absolute Gasteiger partial charge is 0.466 e. The summed E-state index contributed by atoms with van der Waals surface area (Å²) in [5, 5.41) is 0.504. The van der Waals surface area contributed by atoms with Gasteiger partial charge >= 0.3 is 5.97 Å². The van der Waals surface area contributed by atoms with Crippen LogP contribution in [-0.4, -0.2) is 28.9 Å². The number of esters is 1. The van der Waals surface area contributed by atoms with Crippen molar-refractivity contribution in [3.05, 3.63) is 35.9 Å². The van der Waals surface area contributed by atoms with Crippen molar-refractivity contribution in [2.75, 3.05) is 6.61 Å². The standard InChI is InChI=1S/C17H22O3S/c1-3-13-10-14(15(21-13)11-16(18)20-4-2)17(19)12-8-6-5-7-9-12/h5-9,13-15H,3-4,10-11H2,1-2H3/t13-,14-,15+/m0/s1. The fourth-order valence-electron chi connectivity index (χ4n) is 2.76. The van der Waals surface area contributed by atoms with E-state index in [9.17, 15) is 9.59 Å². The molecule has 3 nitrogen and oxygen atoms in total. The molecule has 0 aromatic heterocycles. The molecule has 1 aliphatic rings. The Morgan fingerprint density at radius 3 is 2.57 bits per heavy atom. The first-order chi connectivity index (χ1) is 10.2. The van der Waals surface area contributed by atoms with Crippen molar-refractivity contribution in [1.29, 1.82) is 0 Å². The fourth-order valence-corrected chi connectivity index (χ4v) is 4.42. The zero-order valence-corrected chi connectivity index (χ0v) is 13.4. The number of benzene rings is 1. The van der Waals surface area contributed by atoms with Gasteiger partial charge < -0.3 is 4.74 Å². The topological polar surface area (TPSA) is 43.4 Å². The van der Waals surface area contributed by atoms with Crippen LogP contribution in [-0.2, 0) is 9.53 Å². The first-order valence-corrected chi connectivity index (χ1v) is 8.50. The third-order valence-electron chi connectivity index (χ3n) is 3.86. The van der Waals surface area contributed by atoms with E-state index in [2.05, 4.69) is 6.92 Å². The Bertz CT molecular complexity index is 486. The van der Waals surface area contributed by atoms with Gasteiger partial charge in [0.25, 0.3) is 0 Å². The van der Waals surface area contributed by atoms with E-state index in [1.165, 1.54) is 0 Å². The van der Waals surface area contributed by atoms with Crippen molar-refractivity contribution in [3.63, 3.8) is 0 Å². The molecule has 0 bridgehead atoms. The van der Waals surface area contributed by atoms with Crippen molar-refractivity contribution in [2.24, 2.45) is 5.92 Å². The molecule has 2 rings (SSSR count). The summed E-state index contributed by atoms with van der Waals surface area (Å²) in [5.74, 6) is -0.113. The van der Waals surface area contributed by atoms with Crippen molar-refractivity contribution in [1.82, 2.24) is 0 Å². The highest BCUT2D eigenvalue weighted by molar-refractivity contribution is 8.00. The lowest BCUT2D eigenvalue weighted by molar-refractivity contribution is -0.143. The third kappa shape index (κ3) is 4.10. The van der Waals surface area contributed by atoms with Crippen LogP contribution in [0.3, 0.4) is 0 Å². The lowest BCUT2D eigenvalue weighted by Crippen LogP contribution is -2.25. The third-order valence-corrected chi connectivity index (χ3v) is 5.61. The molecular formula is C17H22O3S. The second-order valence-electron chi connectivity index (χ2n) is 5.29. The molecule has 3 atom stereocenters. The zero-order chi connectivity index (χ0) is 15.2. The Hall–Kier alpha value is -1.29. The molecule has 1 heterocycles. The zero-order valence-electron chi connectivity index (χ0n) is 12.6. The monoisotopic (exact) mass is 306 g/mol. The van der Waals surface area contributed by atoms with Crippen LogP contribution in [0.15, 0.2) is 30.3 Å². The van der Waals surface area contributed by atoms with E-state index in [4.69, 9.17) is 4.74 Å². The lowest BCUT2D eigenvalue weighted by atomic mass is 9.89. The molecule has 0 saturated carbocycles. The summed E-state index contributed by atoms with van der Waals surface area (Å²) >= 11 is 1.77. The van der Waals surface area contributed by atoms with E-state index in [0.717, 1.165) is 18.4 Å². The van der Waals surface area contributed by atoms with Gasteiger partial charge in [-0.1, -0.05) is 37.3 Å². The Morgan fingerprint density at radius 1 is 1.24 bits per heavy atom. The molecule has 0 spiro atoms. The van der Waals surface area contributed by atoms with Crippen LogP contribution in [0.5, 0.6) is 0 Å². The highest BCUT2D eigenvalue weighted by Gasteiger charge is 2.40. The molecule has 0 aliphatic carbocycles. The van der Waals surface area contributed by atoms with E-state index < -0.39 is 0 Å². The van der Waals surface area contributed by atoms with Crippen molar-refractivity contribution < 1.29 is 14.3 Å². The van der Waals surface area contributed by atoms with Gasteiger partial charge in [0.15, 0.2) is 5.78 Å². The quantitative estimate of drug-likeness (QED) is 0.593. The molecule has 0 amide bonds. The van der Waals surface area contributed by atoms with Crippen LogP contribution in [0.4, 0.5) is 0 Å². The minimum atomic E-state index is -0.197. The summed E-state index contributed by atoms with van der Waals surface area (Å²) in [5.41, 5.74) is 0.744. The molecule has 114 valence electrons. The number of carbonyl (C=O) groups excluding carboxylic acids is 2. The summed E-state index contributed by atoms with van der Waals surface area (Å²) in [6, 6.07) is 9.38. The van der Waals surface area contributed by atoms with Gasteiger partial charge in [-0.25, -0.2) is 0 Å². The lowest BCUT2D eigenvalue weighted by Gasteiger charge is -2.16.